The average molecular weight is 1010 g/mol. The van der Waals surface area contributed by atoms with Gasteiger partial charge in [0.2, 0.25) is 23.5 Å². The van der Waals surface area contributed by atoms with Gasteiger partial charge in [-0.05, 0) is 26.0 Å². The Balaban J connectivity index is 0.000000206. The standard InChI is InChI=1S/2C20H22FN9O4S/c2*1-12(7-15-22-8-13(21)9-23-15)35(31,32)10-16-26-27-18(14-5-6-29(2)28-14)30(16)17-19(33-3)24-11-25-20(17)34-4/h2*5-6,8-9,11-12H,7,10H2,1-4H3/t2*12-/m10/s1. The Labute approximate surface area is 398 Å². The first kappa shape index (κ1) is 49.9. The van der Waals surface area contributed by atoms with Crippen LogP contribution in [0, 0.1) is 11.6 Å². The maximum absolute atomic E-state index is 13.3. The Hall–Kier alpha value is -8.02. The molecule has 0 aliphatic rings. The van der Waals surface area contributed by atoms with E-state index in [4.69, 9.17) is 18.9 Å². The summed E-state index contributed by atoms with van der Waals surface area (Å²) in [4.78, 5) is 31.9. The summed E-state index contributed by atoms with van der Waals surface area (Å²) in [5.74, 6) is -0.634. The van der Waals surface area contributed by atoms with Gasteiger partial charge in [-0.3, -0.25) is 18.5 Å². The number of aromatic nitrogens is 18. The lowest BCUT2D eigenvalue weighted by Crippen LogP contribution is -2.24. The minimum atomic E-state index is -3.80. The van der Waals surface area contributed by atoms with Gasteiger partial charge in [0.15, 0.2) is 66.0 Å². The normalized spacial score (nSPS) is 12.5. The van der Waals surface area contributed by atoms with Crippen LogP contribution >= 0.6 is 0 Å². The van der Waals surface area contributed by atoms with Crippen molar-refractivity contribution in [3.05, 3.63) is 96.9 Å². The number of hydrogen-bond acceptors (Lipinski definition) is 22. The Morgan fingerprint density at radius 2 is 0.857 bits per heavy atom. The molecule has 26 nitrogen and oxygen atoms in total. The monoisotopic (exact) mass is 1010 g/mol. The fourth-order valence-corrected chi connectivity index (χ4v) is 9.14. The predicted molar refractivity (Wildman–Crippen MR) is 240 cm³/mol. The van der Waals surface area contributed by atoms with Crippen molar-refractivity contribution < 1.29 is 44.6 Å². The summed E-state index contributed by atoms with van der Waals surface area (Å²) < 4.78 is 107. The third kappa shape index (κ3) is 11.0. The molecule has 0 unspecified atom stereocenters. The first-order valence-corrected chi connectivity index (χ1v) is 24.0. The van der Waals surface area contributed by atoms with Crippen LogP contribution in [-0.2, 0) is 58.1 Å². The number of methoxy groups -OCH3 is 4. The lowest BCUT2D eigenvalue weighted by atomic mass is 10.3. The molecule has 2 atom stereocenters. The molecule has 70 heavy (non-hydrogen) atoms. The molecule has 0 N–H and O–H groups in total. The van der Waals surface area contributed by atoms with Crippen LogP contribution in [0.25, 0.3) is 34.4 Å². The second-order valence-corrected chi connectivity index (χ2v) is 19.9. The fourth-order valence-electron chi connectivity index (χ4n) is 6.67. The van der Waals surface area contributed by atoms with Gasteiger partial charge in [-0.25, -0.2) is 45.6 Å². The molecule has 0 fully saturated rings. The second-order valence-electron chi connectivity index (χ2n) is 15.1. The van der Waals surface area contributed by atoms with E-state index in [0.717, 1.165) is 24.8 Å². The van der Waals surface area contributed by atoms with Gasteiger partial charge in [-0.15, -0.1) is 20.4 Å². The summed E-state index contributed by atoms with van der Waals surface area (Å²) in [6.07, 6.45) is 9.89. The number of hydrogen-bond donors (Lipinski definition) is 0. The van der Waals surface area contributed by atoms with Crippen molar-refractivity contribution in [2.45, 2.75) is 48.7 Å². The zero-order valence-corrected chi connectivity index (χ0v) is 40.3. The van der Waals surface area contributed by atoms with E-state index in [0.29, 0.717) is 11.4 Å². The second kappa shape index (κ2) is 21.1. The average Bonchev–Trinajstić information content (AvgIpc) is 4.17. The summed E-state index contributed by atoms with van der Waals surface area (Å²) in [6.45, 7) is 3.05. The number of rotatable bonds is 18. The van der Waals surface area contributed by atoms with E-state index in [9.17, 15) is 25.6 Å². The molecule has 8 aromatic rings. The van der Waals surface area contributed by atoms with Crippen LogP contribution in [0.5, 0.6) is 23.5 Å². The summed E-state index contributed by atoms with van der Waals surface area (Å²) in [5.41, 5.74) is 1.32. The van der Waals surface area contributed by atoms with Gasteiger partial charge in [0, 0.05) is 39.3 Å². The van der Waals surface area contributed by atoms with Crippen LogP contribution in [0.2, 0.25) is 0 Å². The Morgan fingerprint density at radius 1 is 0.529 bits per heavy atom. The smallest absolute Gasteiger partial charge is 0.245 e. The highest BCUT2D eigenvalue weighted by Crippen LogP contribution is 2.35. The topological polar surface area (TPSA) is 305 Å². The Morgan fingerprint density at radius 3 is 1.14 bits per heavy atom. The van der Waals surface area contributed by atoms with Gasteiger partial charge in [0.05, 0.1) is 63.7 Å². The molecule has 0 spiro atoms. The van der Waals surface area contributed by atoms with Crippen LogP contribution in [-0.4, -0.2) is 145 Å². The Bertz CT molecular complexity index is 3050. The minimum Gasteiger partial charge on any atom is -0.479 e. The summed E-state index contributed by atoms with van der Waals surface area (Å²) in [5, 5.41) is 23.6. The lowest BCUT2D eigenvalue weighted by molar-refractivity contribution is 0.368. The van der Waals surface area contributed by atoms with Crippen LogP contribution in [0.1, 0.15) is 37.1 Å². The largest absolute Gasteiger partial charge is 0.479 e. The highest BCUT2D eigenvalue weighted by molar-refractivity contribution is 7.91. The quantitative estimate of drug-likeness (QED) is 0.118. The van der Waals surface area contributed by atoms with E-state index < -0.39 is 53.3 Å². The zero-order valence-electron chi connectivity index (χ0n) is 38.6. The van der Waals surface area contributed by atoms with Crippen molar-refractivity contribution in [1.29, 1.82) is 0 Å². The molecule has 0 saturated carbocycles. The first-order chi connectivity index (χ1) is 33.5. The fraction of sp³-hybridized carbons (Fsp3) is 0.350. The van der Waals surface area contributed by atoms with Gasteiger partial charge in [0.25, 0.3) is 0 Å². The molecule has 0 amide bonds. The molecule has 30 heteroatoms. The van der Waals surface area contributed by atoms with E-state index in [2.05, 4.69) is 70.5 Å². The maximum atomic E-state index is 13.3. The van der Waals surface area contributed by atoms with Crippen LogP contribution in [0.15, 0.2) is 62.0 Å². The number of ether oxygens (including phenoxy) is 4. The van der Waals surface area contributed by atoms with Crippen molar-refractivity contribution in [3.8, 4) is 57.9 Å². The Kier molecular flexibility index (Phi) is 15.0. The van der Waals surface area contributed by atoms with E-state index in [1.807, 2.05) is 0 Å². The predicted octanol–water partition coefficient (Wildman–Crippen LogP) is 1.90. The molecule has 0 bridgehead atoms. The molecule has 8 heterocycles. The highest BCUT2D eigenvalue weighted by atomic mass is 32.2. The van der Waals surface area contributed by atoms with Crippen molar-refractivity contribution in [2.24, 2.45) is 14.1 Å². The summed E-state index contributed by atoms with van der Waals surface area (Å²) in [7, 11) is 1.53. The number of halogens is 2. The van der Waals surface area contributed by atoms with Gasteiger partial charge in [0.1, 0.15) is 47.2 Å². The first-order valence-electron chi connectivity index (χ1n) is 20.6. The van der Waals surface area contributed by atoms with Crippen molar-refractivity contribution >= 4 is 19.7 Å². The molecule has 0 saturated heterocycles. The van der Waals surface area contributed by atoms with Crippen molar-refractivity contribution in [3.63, 3.8) is 0 Å². The van der Waals surface area contributed by atoms with Gasteiger partial charge < -0.3 is 18.9 Å². The SMILES string of the molecule is COc1ncnc(OC)c1-n1c(CS(=O)(=O)[C@@H](C)Cc2ncc(F)cn2)nnc1-c1ccn(C)n1.COc1ncnc(OC)c1-n1c(CS(=O)(=O)[C@H](C)Cc2ncc(F)cn2)nnc1-c1ccn(C)n1. The molecule has 0 radical (unpaired) electrons. The number of nitrogens with zero attached hydrogens (tertiary/aromatic N) is 18. The molecule has 0 aromatic carbocycles. The molecular formula is C40H44F2N18O8S2. The van der Waals surface area contributed by atoms with Crippen LogP contribution in [0.4, 0.5) is 8.78 Å². The molecule has 0 aliphatic heterocycles. The van der Waals surface area contributed by atoms with Crippen LogP contribution < -0.4 is 18.9 Å². The van der Waals surface area contributed by atoms with E-state index in [1.165, 1.54) is 64.1 Å². The van der Waals surface area contributed by atoms with Gasteiger partial charge in [-0.2, -0.15) is 30.1 Å². The van der Waals surface area contributed by atoms with Crippen molar-refractivity contribution in [2.75, 3.05) is 28.4 Å². The van der Waals surface area contributed by atoms with Crippen LogP contribution in [0.3, 0.4) is 0 Å². The molecule has 8 rings (SSSR count). The molecule has 0 aliphatic carbocycles. The lowest BCUT2D eigenvalue weighted by Gasteiger charge is -2.16. The molecular weight excluding hydrogens is 963 g/mol. The highest BCUT2D eigenvalue weighted by Gasteiger charge is 2.32. The third-order valence-corrected chi connectivity index (χ3v) is 14.4. The number of sulfone groups is 2. The minimum absolute atomic E-state index is 0.00899. The molecule has 8 aromatic heterocycles. The summed E-state index contributed by atoms with van der Waals surface area (Å²) >= 11 is 0. The third-order valence-electron chi connectivity index (χ3n) is 10.3. The van der Waals surface area contributed by atoms with Gasteiger partial charge >= 0.3 is 0 Å². The van der Waals surface area contributed by atoms with Crippen molar-refractivity contribution in [1.82, 2.24) is 89.0 Å². The maximum Gasteiger partial charge on any atom is 0.245 e. The summed E-state index contributed by atoms with van der Waals surface area (Å²) in [6, 6.07) is 3.41. The van der Waals surface area contributed by atoms with E-state index in [-0.39, 0.29) is 82.7 Å². The van der Waals surface area contributed by atoms with E-state index >= 15 is 0 Å². The number of aryl methyl sites for hydroxylation is 2. The van der Waals surface area contributed by atoms with E-state index in [1.54, 1.807) is 48.0 Å². The van der Waals surface area contributed by atoms with Gasteiger partial charge in [-0.1, -0.05) is 0 Å². The molecule has 368 valence electrons. The zero-order chi connectivity index (χ0) is 50.3.